The Hall–Kier alpha value is -4.00. The topological polar surface area (TPSA) is 152 Å². The monoisotopic (exact) mass is 543 g/mol. The number of nitrogens with zero attached hydrogens (tertiary/aromatic N) is 5. The van der Waals surface area contributed by atoms with Crippen molar-refractivity contribution in [1.29, 1.82) is 0 Å². The quantitative estimate of drug-likeness (QED) is 0.451. The molecular formula is C25H29N5O7S. The van der Waals surface area contributed by atoms with Crippen molar-refractivity contribution in [2.75, 3.05) is 31.1 Å². The van der Waals surface area contributed by atoms with Crippen LogP contribution in [0, 0.1) is 18.8 Å². The van der Waals surface area contributed by atoms with Gasteiger partial charge < -0.3 is 14.7 Å². The molecule has 1 aliphatic heterocycles. The second-order valence-electron chi connectivity index (χ2n) is 9.08. The Kier molecular flexibility index (Phi) is 7.67. The normalized spacial score (nSPS) is 17.5. The fourth-order valence-electron chi connectivity index (χ4n) is 4.55. The summed E-state index contributed by atoms with van der Waals surface area (Å²) in [5.74, 6) is -1.06. The Morgan fingerprint density at radius 1 is 1.13 bits per heavy atom. The number of fused-ring (bicyclic) bond motifs is 1. The van der Waals surface area contributed by atoms with E-state index in [1.807, 2.05) is 13.8 Å². The van der Waals surface area contributed by atoms with Gasteiger partial charge in [-0.2, -0.15) is 0 Å². The summed E-state index contributed by atoms with van der Waals surface area (Å²) in [4.78, 5) is 48.5. The lowest BCUT2D eigenvalue weighted by Crippen LogP contribution is -2.40. The molecule has 12 nitrogen and oxygen atoms in total. The number of carbonyl (C=O) groups is 3. The first-order valence-electron chi connectivity index (χ1n) is 12.2. The number of ether oxygens (including phenoxy) is 1. The standard InChI is InChI=1S/C25H29N5O7S/c1-4-17-13-28(24(32)33)14-19(17)21(31)15-29(25(34)37-5-2)22-12-26-23-20(27-22)10-11-30(23)38(35,36)18-8-6-16(3)7-9-18/h6-12,17,19H,4-5,13-15H2,1-3H3,(H,32,33). The van der Waals surface area contributed by atoms with E-state index in [0.717, 1.165) is 14.4 Å². The van der Waals surface area contributed by atoms with Crippen molar-refractivity contribution >= 4 is 45.0 Å². The number of rotatable bonds is 8. The molecule has 1 aliphatic rings. The van der Waals surface area contributed by atoms with Gasteiger partial charge in [0.1, 0.15) is 5.52 Å². The number of likely N-dealkylation sites (tertiary alicyclic amines) is 1. The van der Waals surface area contributed by atoms with Gasteiger partial charge in [-0.15, -0.1) is 0 Å². The molecule has 2 atom stereocenters. The van der Waals surface area contributed by atoms with Crippen molar-refractivity contribution in [3.63, 3.8) is 0 Å². The summed E-state index contributed by atoms with van der Waals surface area (Å²) in [5, 5.41) is 9.36. The molecular weight excluding hydrogens is 514 g/mol. The van der Waals surface area contributed by atoms with Crippen molar-refractivity contribution < 1.29 is 32.6 Å². The molecule has 0 aliphatic carbocycles. The van der Waals surface area contributed by atoms with Gasteiger partial charge in [-0.3, -0.25) is 9.69 Å². The minimum atomic E-state index is -3.95. The first-order valence-corrected chi connectivity index (χ1v) is 13.6. The third-order valence-corrected chi connectivity index (χ3v) is 8.33. The van der Waals surface area contributed by atoms with Gasteiger partial charge in [0.05, 0.1) is 24.2 Å². The Morgan fingerprint density at radius 2 is 1.84 bits per heavy atom. The lowest BCUT2D eigenvalue weighted by molar-refractivity contribution is -0.122. The first kappa shape index (κ1) is 27.0. The molecule has 1 aromatic carbocycles. The van der Waals surface area contributed by atoms with E-state index in [0.29, 0.717) is 6.42 Å². The molecule has 2 aromatic heterocycles. The molecule has 3 aromatic rings. The Bertz CT molecular complexity index is 1470. The molecule has 0 radical (unpaired) electrons. The molecule has 2 unspecified atom stereocenters. The fraction of sp³-hybridized carbons (Fsp3) is 0.400. The number of aromatic nitrogens is 3. The van der Waals surface area contributed by atoms with Crippen LogP contribution < -0.4 is 4.90 Å². The third kappa shape index (κ3) is 5.19. The number of anilines is 1. The number of amides is 2. The molecule has 0 bridgehead atoms. The number of hydrogen-bond donors (Lipinski definition) is 1. The number of carbonyl (C=O) groups excluding carboxylic acids is 2. The molecule has 13 heteroatoms. The highest BCUT2D eigenvalue weighted by Crippen LogP contribution is 2.28. The highest BCUT2D eigenvalue weighted by Gasteiger charge is 2.39. The SMILES string of the molecule is CCOC(=O)N(CC(=O)C1CN(C(=O)O)CC1CC)c1cnc2c(ccn2S(=O)(=O)c2ccc(C)cc2)n1. The molecule has 2 amide bonds. The average Bonchev–Trinajstić information content (AvgIpc) is 3.52. The summed E-state index contributed by atoms with van der Waals surface area (Å²) >= 11 is 0. The molecule has 0 spiro atoms. The molecule has 1 fully saturated rings. The van der Waals surface area contributed by atoms with E-state index in [2.05, 4.69) is 9.97 Å². The highest BCUT2D eigenvalue weighted by atomic mass is 32.2. The van der Waals surface area contributed by atoms with Gasteiger partial charge in [-0.25, -0.2) is 31.9 Å². The fourth-order valence-corrected chi connectivity index (χ4v) is 5.84. The van der Waals surface area contributed by atoms with Gasteiger partial charge >= 0.3 is 12.2 Å². The zero-order valence-electron chi connectivity index (χ0n) is 21.3. The van der Waals surface area contributed by atoms with Crippen LogP contribution in [-0.4, -0.2) is 76.6 Å². The largest absolute Gasteiger partial charge is 0.465 e. The van der Waals surface area contributed by atoms with Crippen molar-refractivity contribution in [3.05, 3.63) is 48.3 Å². The van der Waals surface area contributed by atoms with Gasteiger partial charge in [-0.05, 0) is 38.0 Å². The Labute approximate surface area is 219 Å². The lowest BCUT2D eigenvalue weighted by atomic mass is 9.90. The minimum absolute atomic E-state index is 0.0101. The molecule has 3 heterocycles. The molecule has 38 heavy (non-hydrogen) atoms. The van der Waals surface area contributed by atoms with Crippen molar-refractivity contribution in [2.45, 2.75) is 32.1 Å². The summed E-state index contributed by atoms with van der Waals surface area (Å²) in [5.41, 5.74) is 1.17. The van der Waals surface area contributed by atoms with E-state index in [1.54, 1.807) is 19.1 Å². The summed E-state index contributed by atoms with van der Waals surface area (Å²) in [6.07, 6.45) is 1.23. The number of ketones is 1. The van der Waals surface area contributed by atoms with Crippen molar-refractivity contribution in [3.8, 4) is 0 Å². The van der Waals surface area contributed by atoms with E-state index >= 15 is 0 Å². The predicted octanol–water partition coefficient (Wildman–Crippen LogP) is 3.14. The second kappa shape index (κ2) is 10.8. The second-order valence-corrected chi connectivity index (χ2v) is 10.9. The number of benzene rings is 1. The summed E-state index contributed by atoms with van der Waals surface area (Å²) in [7, 11) is -3.95. The summed E-state index contributed by atoms with van der Waals surface area (Å²) in [6, 6.07) is 7.85. The van der Waals surface area contributed by atoms with E-state index in [4.69, 9.17) is 4.74 Å². The Balaban J connectivity index is 1.65. The van der Waals surface area contributed by atoms with Crippen LogP contribution in [0.1, 0.15) is 25.8 Å². The maximum absolute atomic E-state index is 13.3. The third-order valence-electron chi connectivity index (χ3n) is 6.65. The predicted molar refractivity (Wildman–Crippen MR) is 138 cm³/mol. The average molecular weight is 544 g/mol. The van der Waals surface area contributed by atoms with Gasteiger partial charge in [0.25, 0.3) is 10.0 Å². The van der Waals surface area contributed by atoms with Gasteiger partial charge in [0, 0.05) is 25.2 Å². The molecule has 202 valence electrons. The van der Waals surface area contributed by atoms with Crippen LogP contribution >= 0.6 is 0 Å². The van der Waals surface area contributed by atoms with Crippen LogP contribution in [0.4, 0.5) is 15.4 Å². The maximum Gasteiger partial charge on any atom is 0.415 e. The van der Waals surface area contributed by atoms with Crippen LogP contribution in [0.25, 0.3) is 11.2 Å². The van der Waals surface area contributed by atoms with Crippen LogP contribution in [-0.2, 0) is 19.6 Å². The number of carboxylic acid groups (broad SMARTS) is 1. The number of hydrogen-bond acceptors (Lipinski definition) is 8. The van der Waals surface area contributed by atoms with Gasteiger partial charge in [-0.1, -0.05) is 31.0 Å². The van der Waals surface area contributed by atoms with Crippen LogP contribution in [0.3, 0.4) is 0 Å². The number of aryl methyl sites for hydroxylation is 1. The van der Waals surface area contributed by atoms with E-state index in [-0.39, 0.29) is 53.3 Å². The van der Waals surface area contributed by atoms with Crippen LogP contribution in [0.15, 0.2) is 47.6 Å². The van der Waals surface area contributed by atoms with Gasteiger partial charge in [0.2, 0.25) is 0 Å². The molecule has 4 rings (SSSR count). The molecule has 1 N–H and O–H groups in total. The van der Waals surface area contributed by atoms with Gasteiger partial charge in [0.15, 0.2) is 17.2 Å². The van der Waals surface area contributed by atoms with Crippen LogP contribution in [0.2, 0.25) is 0 Å². The highest BCUT2D eigenvalue weighted by molar-refractivity contribution is 7.90. The molecule has 0 saturated carbocycles. The first-order chi connectivity index (χ1) is 18.1. The van der Waals surface area contributed by atoms with Crippen molar-refractivity contribution in [1.82, 2.24) is 18.8 Å². The van der Waals surface area contributed by atoms with E-state index < -0.39 is 34.7 Å². The van der Waals surface area contributed by atoms with Crippen molar-refractivity contribution in [2.24, 2.45) is 11.8 Å². The Morgan fingerprint density at radius 3 is 2.47 bits per heavy atom. The lowest BCUT2D eigenvalue weighted by Gasteiger charge is -2.23. The number of Topliss-reactive ketones (excluding diaryl/α,β-unsaturated/α-hetero) is 1. The zero-order valence-corrected chi connectivity index (χ0v) is 22.1. The smallest absolute Gasteiger partial charge is 0.415 e. The minimum Gasteiger partial charge on any atom is -0.465 e. The summed E-state index contributed by atoms with van der Waals surface area (Å²) in [6.45, 7) is 5.32. The van der Waals surface area contributed by atoms with E-state index in [9.17, 15) is 27.9 Å². The maximum atomic E-state index is 13.3. The zero-order chi connectivity index (χ0) is 27.6. The van der Waals surface area contributed by atoms with Crippen LogP contribution in [0.5, 0.6) is 0 Å². The molecule has 1 saturated heterocycles. The van der Waals surface area contributed by atoms with E-state index in [1.165, 1.54) is 35.5 Å². The summed E-state index contributed by atoms with van der Waals surface area (Å²) < 4.78 is 32.5.